The molecule has 0 radical (unpaired) electrons. The average molecular weight is 371 g/mol. The largest absolute Gasteiger partial charge is 0.490 e. The Morgan fingerprint density at radius 3 is 2.22 bits per heavy atom. The Kier molecular flexibility index (Phi) is 3.54. The zero-order chi connectivity index (χ0) is 13.4. The number of carbonyl (C=O) groups is 1. The molecule has 98 valence electrons. The van der Waals surface area contributed by atoms with Gasteiger partial charge in [-0.25, -0.2) is 4.79 Å². The number of alkyl halides is 3. The van der Waals surface area contributed by atoms with E-state index in [1.807, 2.05) is 0 Å². The normalized spacial score (nSPS) is 18.0. The standard InChI is InChI=1S/C11H9F3INO2/c12-11(13,14)9(17)18-10(5-16-6-10)7-1-3-8(15)4-2-7/h1-4,16H,5-6H2. The quantitative estimate of drug-likeness (QED) is 0.640. The first-order valence-electron chi connectivity index (χ1n) is 5.10. The minimum absolute atomic E-state index is 0.190. The monoisotopic (exact) mass is 371 g/mol. The SMILES string of the molecule is O=C(OC1(c2ccc(I)cc2)CNC1)C(F)(F)F. The molecule has 1 aliphatic heterocycles. The molecule has 0 aromatic heterocycles. The van der Waals surface area contributed by atoms with Gasteiger partial charge in [0.15, 0.2) is 5.60 Å². The predicted octanol–water partition coefficient (Wildman–Crippen LogP) is 2.20. The molecule has 1 aliphatic rings. The zero-order valence-electron chi connectivity index (χ0n) is 9.05. The Bertz CT molecular complexity index is 454. The van der Waals surface area contributed by atoms with Gasteiger partial charge in [-0.1, -0.05) is 12.1 Å². The minimum Gasteiger partial charge on any atom is -0.445 e. The smallest absolute Gasteiger partial charge is 0.445 e. The van der Waals surface area contributed by atoms with E-state index in [-0.39, 0.29) is 13.1 Å². The van der Waals surface area contributed by atoms with Gasteiger partial charge in [-0.15, -0.1) is 0 Å². The third-order valence-corrected chi connectivity index (χ3v) is 3.43. The molecule has 0 spiro atoms. The van der Waals surface area contributed by atoms with E-state index in [0.717, 1.165) is 3.57 Å². The molecule has 0 bridgehead atoms. The Hall–Kier alpha value is -0.830. The summed E-state index contributed by atoms with van der Waals surface area (Å²) >= 11 is 2.09. The zero-order valence-corrected chi connectivity index (χ0v) is 11.2. The van der Waals surface area contributed by atoms with Gasteiger partial charge in [0.1, 0.15) is 0 Å². The first-order valence-corrected chi connectivity index (χ1v) is 6.18. The molecular formula is C11H9F3INO2. The summed E-state index contributed by atoms with van der Waals surface area (Å²) in [6.45, 7) is 0.380. The third kappa shape index (κ3) is 2.61. The number of nitrogens with one attached hydrogen (secondary N) is 1. The van der Waals surface area contributed by atoms with E-state index in [0.29, 0.717) is 5.56 Å². The summed E-state index contributed by atoms with van der Waals surface area (Å²) in [6, 6.07) is 6.87. The molecule has 1 N–H and O–H groups in total. The van der Waals surface area contributed by atoms with E-state index >= 15 is 0 Å². The molecule has 1 heterocycles. The summed E-state index contributed by atoms with van der Waals surface area (Å²) in [5.74, 6) is -2.15. The average Bonchev–Trinajstić information content (AvgIpc) is 2.23. The van der Waals surface area contributed by atoms with E-state index in [1.54, 1.807) is 24.3 Å². The van der Waals surface area contributed by atoms with Crippen molar-refractivity contribution in [2.75, 3.05) is 13.1 Å². The summed E-state index contributed by atoms with van der Waals surface area (Å²) in [5.41, 5.74) is -0.629. The van der Waals surface area contributed by atoms with Gasteiger partial charge >= 0.3 is 12.1 Å². The van der Waals surface area contributed by atoms with Gasteiger partial charge in [-0.05, 0) is 40.3 Å². The van der Waals surface area contributed by atoms with Gasteiger partial charge < -0.3 is 10.1 Å². The van der Waals surface area contributed by atoms with Crippen molar-refractivity contribution >= 4 is 28.6 Å². The van der Waals surface area contributed by atoms with E-state index in [1.165, 1.54) is 0 Å². The Morgan fingerprint density at radius 1 is 1.28 bits per heavy atom. The van der Waals surface area contributed by atoms with Crippen molar-refractivity contribution in [2.24, 2.45) is 0 Å². The highest BCUT2D eigenvalue weighted by atomic mass is 127. The number of ether oxygens (including phenoxy) is 1. The lowest BCUT2D eigenvalue weighted by Crippen LogP contribution is -2.60. The lowest BCUT2D eigenvalue weighted by molar-refractivity contribution is -0.219. The highest BCUT2D eigenvalue weighted by molar-refractivity contribution is 14.1. The van der Waals surface area contributed by atoms with Crippen molar-refractivity contribution in [3.05, 3.63) is 33.4 Å². The second-order valence-corrected chi connectivity index (χ2v) is 5.24. The Labute approximate surface area is 115 Å². The fourth-order valence-electron chi connectivity index (χ4n) is 1.68. The maximum atomic E-state index is 12.2. The summed E-state index contributed by atoms with van der Waals surface area (Å²) in [5, 5.41) is 2.83. The maximum absolute atomic E-state index is 12.2. The van der Waals surface area contributed by atoms with Crippen LogP contribution in [0.25, 0.3) is 0 Å². The van der Waals surface area contributed by atoms with Crippen LogP contribution >= 0.6 is 22.6 Å². The maximum Gasteiger partial charge on any atom is 0.490 e. The molecule has 2 rings (SSSR count). The van der Waals surface area contributed by atoms with Crippen molar-refractivity contribution in [2.45, 2.75) is 11.8 Å². The number of rotatable bonds is 2. The highest BCUT2D eigenvalue weighted by Crippen LogP contribution is 2.33. The highest BCUT2D eigenvalue weighted by Gasteiger charge is 2.50. The molecule has 0 amide bonds. The summed E-state index contributed by atoms with van der Waals surface area (Å²) in [4.78, 5) is 10.9. The lowest BCUT2D eigenvalue weighted by Gasteiger charge is -2.42. The second-order valence-electron chi connectivity index (χ2n) is 3.99. The first-order chi connectivity index (χ1) is 8.33. The summed E-state index contributed by atoms with van der Waals surface area (Å²) < 4.78 is 42.3. The van der Waals surface area contributed by atoms with Gasteiger partial charge in [0.2, 0.25) is 0 Å². The molecule has 0 saturated carbocycles. The molecular weight excluding hydrogens is 362 g/mol. The van der Waals surface area contributed by atoms with Crippen LogP contribution in [0.2, 0.25) is 0 Å². The van der Waals surface area contributed by atoms with Crippen LogP contribution in [0.1, 0.15) is 5.56 Å². The van der Waals surface area contributed by atoms with Gasteiger partial charge in [-0.2, -0.15) is 13.2 Å². The van der Waals surface area contributed by atoms with Crippen molar-refractivity contribution in [3.8, 4) is 0 Å². The van der Waals surface area contributed by atoms with Crippen LogP contribution in [0.4, 0.5) is 13.2 Å². The molecule has 1 saturated heterocycles. The fourth-order valence-corrected chi connectivity index (χ4v) is 2.04. The molecule has 0 unspecified atom stereocenters. The summed E-state index contributed by atoms with van der Waals surface area (Å²) in [6.07, 6.45) is -4.97. The lowest BCUT2D eigenvalue weighted by atomic mass is 9.88. The Balaban J connectivity index is 2.21. The van der Waals surface area contributed by atoms with Gasteiger partial charge in [0.05, 0.1) is 0 Å². The van der Waals surface area contributed by atoms with Crippen LogP contribution in [0, 0.1) is 3.57 Å². The number of hydrogen-bond acceptors (Lipinski definition) is 3. The second kappa shape index (κ2) is 4.69. The molecule has 18 heavy (non-hydrogen) atoms. The third-order valence-electron chi connectivity index (χ3n) is 2.71. The van der Waals surface area contributed by atoms with E-state index < -0.39 is 17.7 Å². The van der Waals surface area contributed by atoms with Crippen molar-refractivity contribution < 1.29 is 22.7 Å². The first kappa shape index (κ1) is 13.6. The number of carbonyl (C=O) groups excluding carboxylic acids is 1. The molecule has 3 nitrogen and oxygen atoms in total. The molecule has 0 aliphatic carbocycles. The van der Waals surface area contributed by atoms with E-state index in [9.17, 15) is 18.0 Å². The van der Waals surface area contributed by atoms with Gasteiger partial charge in [0.25, 0.3) is 0 Å². The van der Waals surface area contributed by atoms with Crippen LogP contribution in [0.15, 0.2) is 24.3 Å². The topological polar surface area (TPSA) is 38.3 Å². The number of esters is 1. The Morgan fingerprint density at radius 2 is 1.83 bits per heavy atom. The number of hydrogen-bond donors (Lipinski definition) is 1. The molecule has 0 atom stereocenters. The van der Waals surface area contributed by atoms with Crippen LogP contribution in [-0.4, -0.2) is 25.2 Å². The molecule has 1 fully saturated rings. The van der Waals surface area contributed by atoms with Gasteiger partial charge in [0, 0.05) is 16.7 Å². The van der Waals surface area contributed by atoms with Crippen molar-refractivity contribution in [1.29, 1.82) is 0 Å². The molecule has 1 aromatic carbocycles. The van der Waals surface area contributed by atoms with Crippen molar-refractivity contribution in [1.82, 2.24) is 5.32 Å². The van der Waals surface area contributed by atoms with Crippen LogP contribution in [0.3, 0.4) is 0 Å². The number of halogens is 4. The van der Waals surface area contributed by atoms with Crippen molar-refractivity contribution in [3.63, 3.8) is 0 Å². The molecule has 1 aromatic rings. The minimum atomic E-state index is -4.97. The van der Waals surface area contributed by atoms with Crippen LogP contribution in [-0.2, 0) is 15.1 Å². The summed E-state index contributed by atoms with van der Waals surface area (Å²) in [7, 11) is 0. The van der Waals surface area contributed by atoms with E-state index in [2.05, 4.69) is 32.6 Å². The predicted molar refractivity (Wildman–Crippen MR) is 65.9 cm³/mol. The van der Waals surface area contributed by atoms with Crippen LogP contribution in [0.5, 0.6) is 0 Å². The fraction of sp³-hybridized carbons (Fsp3) is 0.364. The van der Waals surface area contributed by atoms with Gasteiger partial charge in [-0.3, -0.25) is 0 Å². The van der Waals surface area contributed by atoms with E-state index in [4.69, 9.17) is 0 Å². The number of benzene rings is 1. The van der Waals surface area contributed by atoms with Crippen LogP contribution < -0.4 is 5.32 Å². The molecule has 7 heteroatoms.